The molecule has 1 unspecified atom stereocenters. The summed E-state index contributed by atoms with van der Waals surface area (Å²) in [5.41, 5.74) is 0.898. The van der Waals surface area contributed by atoms with Gasteiger partial charge in [0.15, 0.2) is 0 Å². The lowest BCUT2D eigenvalue weighted by Gasteiger charge is -2.23. The van der Waals surface area contributed by atoms with E-state index in [1.165, 1.54) is 0 Å². The Morgan fingerprint density at radius 3 is 2.43 bits per heavy atom. The molecule has 0 bridgehead atoms. The number of alkyl carbamates (subject to hydrolysis) is 1. The monoisotopic (exact) mass is 390 g/mol. The van der Waals surface area contributed by atoms with Gasteiger partial charge in [0.25, 0.3) is 5.91 Å². The summed E-state index contributed by atoms with van der Waals surface area (Å²) >= 11 is 0. The molecule has 8 nitrogen and oxygen atoms in total. The van der Waals surface area contributed by atoms with Crippen molar-refractivity contribution in [2.75, 3.05) is 17.7 Å². The van der Waals surface area contributed by atoms with E-state index < -0.39 is 17.7 Å². The molecule has 2 rings (SSSR count). The van der Waals surface area contributed by atoms with Crippen LogP contribution < -0.4 is 21.3 Å². The van der Waals surface area contributed by atoms with Gasteiger partial charge in [0.05, 0.1) is 16.9 Å². The number of amides is 3. The van der Waals surface area contributed by atoms with E-state index in [0.717, 1.165) is 12.8 Å². The minimum atomic E-state index is -0.757. The van der Waals surface area contributed by atoms with Gasteiger partial charge in [-0.2, -0.15) is 0 Å². The molecule has 0 radical (unpaired) electrons. The number of ether oxygens (including phenoxy) is 1. The smallest absolute Gasteiger partial charge is 0.408 e. The van der Waals surface area contributed by atoms with Crippen LogP contribution >= 0.6 is 0 Å². The summed E-state index contributed by atoms with van der Waals surface area (Å²) in [5, 5.41) is 11.3. The molecule has 0 aromatic heterocycles. The van der Waals surface area contributed by atoms with Crippen LogP contribution in [0.3, 0.4) is 0 Å². The predicted molar refractivity (Wildman–Crippen MR) is 109 cm³/mol. The molecule has 0 spiro atoms. The Morgan fingerprint density at radius 1 is 1.21 bits per heavy atom. The maximum Gasteiger partial charge on any atom is 0.408 e. The van der Waals surface area contributed by atoms with Gasteiger partial charge in [0, 0.05) is 13.1 Å². The van der Waals surface area contributed by atoms with Crippen LogP contribution in [-0.4, -0.2) is 42.6 Å². The Balaban J connectivity index is 2.16. The van der Waals surface area contributed by atoms with Crippen molar-refractivity contribution in [3.05, 3.63) is 23.8 Å². The number of hydrogen-bond donors (Lipinski definition) is 4. The average Bonchev–Trinajstić information content (AvgIpc) is 3.42. The molecular weight excluding hydrogens is 360 g/mol. The van der Waals surface area contributed by atoms with E-state index in [1.54, 1.807) is 52.9 Å². The molecule has 1 fully saturated rings. The molecule has 1 atom stereocenters. The van der Waals surface area contributed by atoms with Crippen LogP contribution in [0.2, 0.25) is 0 Å². The molecule has 1 aromatic carbocycles. The van der Waals surface area contributed by atoms with Gasteiger partial charge in [-0.05, 0) is 52.2 Å². The van der Waals surface area contributed by atoms with E-state index in [0.29, 0.717) is 29.4 Å². The Bertz CT molecular complexity index is 738. The van der Waals surface area contributed by atoms with Gasteiger partial charge in [-0.3, -0.25) is 9.59 Å². The van der Waals surface area contributed by atoms with E-state index in [9.17, 15) is 14.4 Å². The SMILES string of the molecule is CCC(NC(=O)OC(C)(C)C)C(=O)Nc1cccc(C(=O)NC)c1NC1CC1. The lowest BCUT2D eigenvalue weighted by Crippen LogP contribution is -2.45. The number of hydrogen-bond acceptors (Lipinski definition) is 5. The van der Waals surface area contributed by atoms with Crippen molar-refractivity contribution in [2.24, 2.45) is 0 Å². The normalized spacial score (nSPS) is 14.6. The van der Waals surface area contributed by atoms with Crippen molar-refractivity contribution in [2.45, 2.75) is 64.6 Å². The van der Waals surface area contributed by atoms with Crippen LogP contribution in [0.25, 0.3) is 0 Å². The number of nitrogens with one attached hydrogen (secondary N) is 4. The van der Waals surface area contributed by atoms with Crippen molar-refractivity contribution in [3.63, 3.8) is 0 Å². The third kappa shape index (κ3) is 6.14. The van der Waals surface area contributed by atoms with E-state index >= 15 is 0 Å². The average molecular weight is 390 g/mol. The van der Waals surface area contributed by atoms with Crippen molar-refractivity contribution in [1.82, 2.24) is 10.6 Å². The lowest BCUT2D eigenvalue weighted by molar-refractivity contribution is -0.118. The van der Waals surface area contributed by atoms with E-state index in [4.69, 9.17) is 4.74 Å². The molecule has 28 heavy (non-hydrogen) atoms. The second-order valence-corrected chi connectivity index (χ2v) is 7.82. The third-order valence-corrected chi connectivity index (χ3v) is 4.14. The third-order valence-electron chi connectivity index (χ3n) is 4.14. The van der Waals surface area contributed by atoms with Crippen LogP contribution in [-0.2, 0) is 9.53 Å². The molecule has 4 N–H and O–H groups in total. The van der Waals surface area contributed by atoms with Gasteiger partial charge in [-0.1, -0.05) is 13.0 Å². The zero-order valence-electron chi connectivity index (χ0n) is 17.1. The Hall–Kier alpha value is -2.77. The zero-order chi connectivity index (χ0) is 20.9. The van der Waals surface area contributed by atoms with Crippen molar-refractivity contribution >= 4 is 29.3 Å². The topological polar surface area (TPSA) is 109 Å². The largest absolute Gasteiger partial charge is 0.444 e. The fourth-order valence-corrected chi connectivity index (χ4v) is 2.59. The molecule has 0 saturated heterocycles. The van der Waals surface area contributed by atoms with E-state index in [2.05, 4.69) is 21.3 Å². The van der Waals surface area contributed by atoms with Crippen LogP contribution in [0.15, 0.2) is 18.2 Å². The predicted octanol–water partition coefficient (Wildman–Crippen LogP) is 2.86. The van der Waals surface area contributed by atoms with Crippen LogP contribution in [0.5, 0.6) is 0 Å². The first-order chi connectivity index (χ1) is 13.1. The highest BCUT2D eigenvalue weighted by molar-refractivity contribution is 6.06. The highest BCUT2D eigenvalue weighted by atomic mass is 16.6. The molecule has 8 heteroatoms. The molecule has 3 amide bonds. The summed E-state index contributed by atoms with van der Waals surface area (Å²) in [6.45, 7) is 7.07. The number of benzene rings is 1. The van der Waals surface area contributed by atoms with Gasteiger partial charge >= 0.3 is 6.09 Å². The Morgan fingerprint density at radius 2 is 1.89 bits per heavy atom. The lowest BCUT2D eigenvalue weighted by atomic mass is 10.1. The number of carbonyl (C=O) groups is 3. The molecule has 154 valence electrons. The van der Waals surface area contributed by atoms with Crippen molar-refractivity contribution < 1.29 is 19.1 Å². The highest BCUT2D eigenvalue weighted by Crippen LogP contribution is 2.32. The van der Waals surface area contributed by atoms with Gasteiger partial charge in [-0.15, -0.1) is 0 Å². The quantitative estimate of drug-likeness (QED) is 0.572. The zero-order valence-corrected chi connectivity index (χ0v) is 17.1. The highest BCUT2D eigenvalue weighted by Gasteiger charge is 2.27. The van der Waals surface area contributed by atoms with Crippen molar-refractivity contribution in [1.29, 1.82) is 0 Å². The summed E-state index contributed by atoms with van der Waals surface area (Å²) < 4.78 is 5.22. The van der Waals surface area contributed by atoms with Gasteiger partial charge in [0.1, 0.15) is 11.6 Å². The van der Waals surface area contributed by atoms with Crippen LogP contribution in [0.4, 0.5) is 16.2 Å². The standard InChI is InChI=1S/C20H30N4O4/c1-6-14(24-19(27)28-20(2,3)4)18(26)23-15-9-7-8-13(17(25)21-5)16(15)22-12-10-11-12/h7-9,12,14,22H,6,10-11H2,1-5H3,(H,21,25)(H,23,26)(H,24,27). The Kier molecular flexibility index (Phi) is 6.88. The minimum absolute atomic E-state index is 0.238. The first kappa shape index (κ1) is 21.5. The molecule has 1 aromatic rings. The van der Waals surface area contributed by atoms with Crippen LogP contribution in [0.1, 0.15) is 57.3 Å². The number of anilines is 2. The molecule has 1 aliphatic carbocycles. The summed E-state index contributed by atoms with van der Waals surface area (Å²) in [6.07, 6.45) is 1.79. The molecule has 0 heterocycles. The van der Waals surface area contributed by atoms with Gasteiger partial charge in [-0.25, -0.2) is 4.79 Å². The molecule has 1 aliphatic rings. The molecule has 1 saturated carbocycles. The molecular formula is C20H30N4O4. The van der Waals surface area contributed by atoms with E-state index in [1.807, 2.05) is 0 Å². The summed E-state index contributed by atoms with van der Waals surface area (Å²) in [6, 6.07) is 4.68. The second-order valence-electron chi connectivity index (χ2n) is 7.82. The summed E-state index contributed by atoms with van der Waals surface area (Å²) in [7, 11) is 1.56. The number of para-hydroxylation sites is 1. The van der Waals surface area contributed by atoms with Crippen LogP contribution in [0, 0.1) is 0 Å². The Labute approximate surface area is 165 Å². The summed E-state index contributed by atoms with van der Waals surface area (Å²) in [4.78, 5) is 37.0. The summed E-state index contributed by atoms with van der Waals surface area (Å²) in [5.74, 6) is -0.612. The first-order valence-electron chi connectivity index (χ1n) is 9.56. The maximum absolute atomic E-state index is 12.7. The minimum Gasteiger partial charge on any atom is -0.444 e. The van der Waals surface area contributed by atoms with E-state index in [-0.39, 0.29) is 11.8 Å². The first-order valence-corrected chi connectivity index (χ1v) is 9.56. The number of carbonyl (C=O) groups excluding carboxylic acids is 3. The fraction of sp³-hybridized carbons (Fsp3) is 0.550. The van der Waals surface area contributed by atoms with Gasteiger partial charge < -0.3 is 26.0 Å². The maximum atomic E-state index is 12.7. The van der Waals surface area contributed by atoms with Crippen molar-refractivity contribution in [3.8, 4) is 0 Å². The van der Waals surface area contributed by atoms with Gasteiger partial charge in [0.2, 0.25) is 5.91 Å². The molecule has 0 aliphatic heterocycles. The number of rotatable bonds is 7. The second kappa shape index (κ2) is 8.95. The fourth-order valence-electron chi connectivity index (χ4n) is 2.59.